The molecule has 2 rings (SSSR count). The van der Waals surface area contributed by atoms with Gasteiger partial charge >= 0.3 is 0 Å². The highest BCUT2D eigenvalue weighted by Crippen LogP contribution is 2.22. The van der Waals surface area contributed by atoms with E-state index >= 15 is 0 Å². The molecule has 1 amide bonds. The van der Waals surface area contributed by atoms with E-state index in [0.717, 1.165) is 0 Å². The van der Waals surface area contributed by atoms with Crippen molar-refractivity contribution in [2.75, 3.05) is 20.3 Å². The molecule has 16 heavy (non-hydrogen) atoms. The summed E-state index contributed by atoms with van der Waals surface area (Å²) < 4.78 is 10.1. The van der Waals surface area contributed by atoms with Gasteiger partial charge in [0.15, 0.2) is 0 Å². The van der Waals surface area contributed by atoms with Gasteiger partial charge in [-0.05, 0) is 18.2 Å². The molecule has 1 fully saturated rings. The van der Waals surface area contributed by atoms with Crippen LogP contribution in [0.25, 0.3) is 0 Å². The van der Waals surface area contributed by atoms with Gasteiger partial charge in [-0.25, -0.2) is 0 Å². The largest absolute Gasteiger partial charge is 0.496 e. The van der Waals surface area contributed by atoms with Crippen LogP contribution in [0, 0.1) is 0 Å². The molecule has 0 aliphatic carbocycles. The van der Waals surface area contributed by atoms with Crippen molar-refractivity contribution < 1.29 is 14.3 Å². The Morgan fingerprint density at radius 3 is 2.88 bits per heavy atom. The third-order valence-electron chi connectivity index (χ3n) is 2.38. The van der Waals surface area contributed by atoms with E-state index in [2.05, 4.69) is 5.32 Å². The molecule has 0 unspecified atom stereocenters. The van der Waals surface area contributed by atoms with E-state index in [0.29, 0.717) is 29.5 Å². The third-order valence-corrected chi connectivity index (χ3v) is 2.61. The second-order valence-electron chi connectivity index (χ2n) is 3.55. The molecule has 0 bridgehead atoms. The van der Waals surface area contributed by atoms with Gasteiger partial charge in [-0.15, -0.1) is 0 Å². The number of carbonyl (C=O) groups excluding carboxylic acids is 1. The fraction of sp³-hybridized carbons (Fsp3) is 0.364. The first-order chi connectivity index (χ1) is 7.70. The SMILES string of the molecule is COc1ccc(Cl)cc1C(=O)NC1COC1. The number of hydrogen-bond donors (Lipinski definition) is 1. The molecule has 1 saturated heterocycles. The van der Waals surface area contributed by atoms with Crippen molar-refractivity contribution in [3.8, 4) is 5.75 Å². The Bertz CT molecular complexity index is 404. The van der Waals surface area contributed by atoms with Crippen LogP contribution in [0.5, 0.6) is 5.75 Å². The topological polar surface area (TPSA) is 47.6 Å². The minimum Gasteiger partial charge on any atom is -0.496 e. The summed E-state index contributed by atoms with van der Waals surface area (Å²) in [5.74, 6) is 0.329. The van der Waals surface area contributed by atoms with Crippen molar-refractivity contribution in [3.63, 3.8) is 0 Å². The fourth-order valence-corrected chi connectivity index (χ4v) is 1.61. The number of hydrogen-bond acceptors (Lipinski definition) is 3. The Balaban J connectivity index is 2.16. The van der Waals surface area contributed by atoms with Crippen LogP contribution in [0.3, 0.4) is 0 Å². The zero-order chi connectivity index (χ0) is 11.5. The molecule has 1 aromatic rings. The number of carbonyl (C=O) groups is 1. The summed E-state index contributed by atoms with van der Waals surface area (Å²) in [4.78, 5) is 11.9. The van der Waals surface area contributed by atoms with E-state index < -0.39 is 0 Å². The smallest absolute Gasteiger partial charge is 0.255 e. The molecule has 1 heterocycles. The lowest BCUT2D eigenvalue weighted by molar-refractivity contribution is -0.00350. The first-order valence-electron chi connectivity index (χ1n) is 4.93. The molecule has 1 aliphatic heterocycles. The third kappa shape index (κ3) is 2.28. The number of rotatable bonds is 3. The first-order valence-corrected chi connectivity index (χ1v) is 5.30. The van der Waals surface area contributed by atoms with Crippen molar-refractivity contribution in [2.24, 2.45) is 0 Å². The monoisotopic (exact) mass is 241 g/mol. The molecule has 4 nitrogen and oxygen atoms in total. The Morgan fingerprint density at radius 1 is 1.56 bits per heavy atom. The Morgan fingerprint density at radius 2 is 2.31 bits per heavy atom. The van der Waals surface area contributed by atoms with Crippen molar-refractivity contribution >= 4 is 17.5 Å². The van der Waals surface area contributed by atoms with E-state index in [9.17, 15) is 4.79 Å². The number of benzene rings is 1. The predicted molar refractivity (Wildman–Crippen MR) is 60.1 cm³/mol. The molecule has 86 valence electrons. The van der Waals surface area contributed by atoms with Gasteiger partial charge in [0.1, 0.15) is 5.75 Å². The van der Waals surface area contributed by atoms with Crippen molar-refractivity contribution in [1.29, 1.82) is 0 Å². The van der Waals surface area contributed by atoms with Crippen molar-refractivity contribution in [3.05, 3.63) is 28.8 Å². The molecular weight excluding hydrogens is 230 g/mol. The zero-order valence-electron chi connectivity index (χ0n) is 8.83. The maximum absolute atomic E-state index is 11.9. The lowest BCUT2D eigenvalue weighted by Crippen LogP contribution is -2.48. The maximum atomic E-state index is 11.9. The number of amides is 1. The van der Waals surface area contributed by atoms with Crippen LogP contribution in [0.4, 0.5) is 0 Å². The van der Waals surface area contributed by atoms with Crippen LogP contribution in [0.15, 0.2) is 18.2 Å². The van der Waals surface area contributed by atoms with Crippen LogP contribution in [0.1, 0.15) is 10.4 Å². The standard InChI is InChI=1S/C11H12ClNO3/c1-15-10-3-2-7(12)4-9(10)11(14)13-8-5-16-6-8/h2-4,8H,5-6H2,1H3,(H,13,14). The van der Waals surface area contributed by atoms with Gasteiger partial charge in [0, 0.05) is 5.02 Å². The summed E-state index contributed by atoms with van der Waals surface area (Å²) >= 11 is 5.84. The van der Waals surface area contributed by atoms with Gasteiger partial charge in [0.25, 0.3) is 5.91 Å². The Hall–Kier alpha value is -1.26. The summed E-state index contributed by atoms with van der Waals surface area (Å²) in [6.07, 6.45) is 0. The van der Waals surface area contributed by atoms with Gasteiger partial charge in [-0.2, -0.15) is 0 Å². The molecular formula is C11H12ClNO3. The van der Waals surface area contributed by atoms with Crippen molar-refractivity contribution in [1.82, 2.24) is 5.32 Å². The lowest BCUT2D eigenvalue weighted by atomic mass is 10.1. The second kappa shape index (κ2) is 4.72. The van der Waals surface area contributed by atoms with Crippen LogP contribution in [0.2, 0.25) is 5.02 Å². The van der Waals surface area contributed by atoms with Gasteiger partial charge in [-0.3, -0.25) is 4.79 Å². The number of ether oxygens (including phenoxy) is 2. The van der Waals surface area contributed by atoms with Gasteiger partial charge in [0.05, 0.1) is 31.9 Å². The Kier molecular flexibility index (Phi) is 3.31. The fourth-order valence-electron chi connectivity index (χ4n) is 1.44. The van der Waals surface area contributed by atoms with Crippen LogP contribution < -0.4 is 10.1 Å². The van der Waals surface area contributed by atoms with Gasteiger partial charge in [-0.1, -0.05) is 11.6 Å². The summed E-state index contributed by atoms with van der Waals surface area (Å²) in [6.45, 7) is 1.13. The molecule has 0 saturated carbocycles. The van der Waals surface area contributed by atoms with E-state index in [1.165, 1.54) is 7.11 Å². The normalized spacial score (nSPS) is 15.4. The summed E-state index contributed by atoms with van der Waals surface area (Å²) in [5, 5.41) is 3.34. The maximum Gasteiger partial charge on any atom is 0.255 e. The van der Waals surface area contributed by atoms with Crippen LogP contribution in [-0.4, -0.2) is 32.3 Å². The number of halogens is 1. The van der Waals surface area contributed by atoms with Gasteiger partial charge < -0.3 is 14.8 Å². The molecule has 1 aromatic carbocycles. The van der Waals surface area contributed by atoms with Crippen molar-refractivity contribution in [2.45, 2.75) is 6.04 Å². The van der Waals surface area contributed by atoms with Crippen LogP contribution in [-0.2, 0) is 4.74 Å². The molecule has 0 aromatic heterocycles. The molecule has 0 atom stereocenters. The van der Waals surface area contributed by atoms with E-state index in [4.69, 9.17) is 21.1 Å². The quantitative estimate of drug-likeness (QED) is 0.872. The molecule has 5 heteroatoms. The minimum atomic E-state index is -0.187. The lowest BCUT2D eigenvalue weighted by Gasteiger charge is -2.27. The summed E-state index contributed by atoms with van der Waals surface area (Å²) in [7, 11) is 1.52. The number of methoxy groups -OCH3 is 1. The minimum absolute atomic E-state index is 0.0937. The highest BCUT2D eigenvalue weighted by molar-refractivity contribution is 6.31. The predicted octanol–water partition coefficient (Wildman–Crippen LogP) is 1.48. The van der Waals surface area contributed by atoms with Gasteiger partial charge in [0.2, 0.25) is 0 Å². The van der Waals surface area contributed by atoms with E-state index in [-0.39, 0.29) is 11.9 Å². The number of nitrogens with one attached hydrogen (secondary N) is 1. The van der Waals surface area contributed by atoms with E-state index in [1.807, 2.05) is 0 Å². The van der Waals surface area contributed by atoms with E-state index in [1.54, 1.807) is 18.2 Å². The zero-order valence-corrected chi connectivity index (χ0v) is 9.58. The first kappa shape index (κ1) is 11.2. The molecule has 0 radical (unpaired) electrons. The highest BCUT2D eigenvalue weighted by Gasteiger charge is 2.22. The second-order valence-corrected chi connectivity index (χ2v) is 3.99. The molecule has 1 N–H and O–H groups in total. The summed E-state index contributed by atoms with van der Waals surface area (Å²) in [6, 6.07) is 5.05. The summed E-state index contributed by atoms with van der Waals surface area (Å²) in [5.41, 5.74) is 0.446. The highest BCUT2D eigenvalue weighted by atomic mass is 35.5. The van der Waals surface area contributed by atoms with Crippen LogP contribution >= 0.6 is 11.6 Å². The average Bonchev–Trinajstić information content (AvgIpc) is 2.23. The molecule has 0 spiro atoms. The Labute approximate surface area is 98.5 Å². The average molecular weight is 242 g/mol. The molecule has 1 aliphatic rings.